The lowest BCUT2D eigenvalue weighted by Crippen LogP contribution is -2.34. The van der Waals surface area contributed by atoms with Crippen LogP contribution in [-0.2, 0) is 0 Å². The molecule has 0 aromatic carbocycles. The number of amides is 2. The number of thiophene rings is 1. The topological polar surface area (TPSA) is 62.5 Å². The van der Waals surface area contributed by atoms with Gasteiger partial charge in [0, 0.05) is 18.8 Å². The lowest BCUT2D eigenvalue weighted by atomic mass is 10.1. The third kappa shape index (κ3) is 2.23. The molecule has 0 saturated carbocycles. The van der Waals surface area contributed by atoms with Crippen LogP contribution in [0.4, 0.5) is 10.6 Å². The number of likely N-dealkylation sites (tertiary alicyclic amines) is 1. The minimum Gasteiger partial charge on any atom is -0.317 e. The quantitative estimate of drug-likeness (QED) is 0.790. The summed E-state index contributed by atoms with van der Waals surface area (Å²) in [7, 11) is 0. The van der Waals surface area contributed by atoms with Crippen molar-refractivity contribution < 1.29 is 4.79 Å². The van der Waals surface area contributed by atoms with E-state index in [2.05, 4.69) is 32.2 Å². The van der Waals surface area contributed by atoms with E-state index in [-0.39, 0.29) is 12.1 Å². The van der Waals surface area contributed by atoms with Gasteiger partial charge in [-0.2, -0.15) is 21.0 Å². The predicted molar refractivity (Wildman–Crippen MR) is 85.0 cm³/mol. The molecule has 1 aliphatic rings. The van der Waals surface area contributed by atoms with E-state index in [9.17, 15) is 4.79 Å². The first-order chi connectivity index (χ1) is 10.8. The maximum Gasteiger partial charge on any atom is 0.323 e. The van der Waals surface area contributed by atoms with Crippen molar-refractivity contribution in [2.45, 2.75) is 18.9 Å². The van der Waals surface area contributed by atoms with Gasteiger partial charge in [0.1, 0.15) is 5.82 Å². The molecule has 3 aromatic heterocycles. The largest absolute Gasteiger partial charge is 0.323 e. The number of anilines is 1. The number of urea groups is 1. The van der Waals surface area contributed by atoms with Crippen molar-refractivity contribution in [1.82, 2.24) is 19.5 Å². The molecule has 1 unspecified atom stereocenters. The van der Waals surface area contributed by atoms with Crippen LogP contribution in [0.15, 0.2) is 41.4 Å². The van der Waals surface area contributed by atoms with Crippen LogP contribution in [0.25, 0.3) is 5.65 Å². The average Bonchev–Trinajstić information content (AvgIpc) is 3.27. The summed E-state index contributed by atoms with van der Waals surface area (Å²) in [6.45, 7) is 0.777. The highest BCUT2D eigenvalue weighted by Gasteiger charge is 2.30. The van der Waals surface area contributed by atoms with Gasteiger partial charge in [0.05, 0.1) is 12.2 Å². The van der Waals surface area contributed by atoms with E-state index >= 15 is 0 Å². The number of nitrogens with zero attached hydrogens (tertiary/aromatic N) is 4. The SMILES string of the molecule is O=C(Nc1ccnc2ccnn12)N1CCCC1c1ccsc1. The first-order valence-electron chi connectivity index (χ1n) is 7.21. The molecule has 4 heterocycles. The molecule has 1 aliphatic heterocycles. The van der Waals surface area contributed by atoms with E-state index in [0.717, 1.165) is 19.4 Å². The van der Waals surface area contributed by atoms with E-state index in [1.165, 1.54) is 5.56 Å². The number of hydrogen-bond acceptors (Lipinski definition) is 4. The summed E-state index contributed by atoms with van der Waals surface area (Å²) in [4.78, 5) is 18.7. The van der Waals surface area contributed by atoms with Crippen LogP contribution >= 0.6 is 11.3 Å². The molecule has 6 nitrogen and oxygen atoms in total. The summed E-state index contributed by atoms with van der Waals surface area (Å²) >= 11 is 1.67. The zero-order valence-electron chi connectivity index (χ0n) is 11.8. The third-order valence-electron chi connectivity index (χ3n) is 3.97. The highest BCUT2D eigenvalue weighted by molar-refractivity contribution is 7.07. The molecule has 0 bridgehead atoms. The Labute approximate surface area is 131 Å². The van der Waals surface area contributed by atoms with Crippen molar-refractivity contribution in [2.75, 3.05) is 11.9 Å². The highest BCUT2D eigenvalue weighted by Crippen LogP contribution is 2.33. The number of nitrogens with one attached hydrogen (secondary N) is 1. The minimum absolute atomic E-state index is 0.0864. The van der Waals surface area contributed by atoms with Gasteiger partial charge in [-0.3, -0.25) is 5.32 Å². The van der Waals surface area contributed by atoms with Gasteiger partial charge < -0.3 is 4.90 Å². The lowest BCUT2D eigenvalue weighted by molar-refractivity contribution is 0.207. The number of carbonyl (C=O) groups is 1. The molecule has 1 fully saturated rings. The van der Waals surface area contributed by atoms with Crippen molar-refractivity contribution in [3.05, 3.63) is 46.9 Å². The molecule has 1 saturated heterocycles. The molecule has 4 rings (SSSR count). The Balaban J connectivity index is 1.58. The van der Waals surface area contributed by atoms with Gasteiger partial charge in [-0.05, 0) is 41.3 Å². The third-order valence-corrected chi connectivity index (χ3v) is 4.67. The van der Waals surface area contributed by atoms with Gasteiger partial charge in [0.15, 0.2) is 5.65 Å². The smallest absolute Gasteiger partial charge is 0.317 e. The van der Waals surface area contributed by atoms with Crippen LogP contribution in [0.5, 0.6) is 0 Å². The molecule has 1 atom stereocenters. The normalized spacial score (nSPS) is 18.0. The molecule has 0 aliphatic carbocycles. The van der Waals surface area contributed by atoms with E-state index in [4.69, 9.17) is 0 Å². The van der Waals surface area contributed by atoms with Crippen LogP contribution < -0.4 is 5.32 Å². The Morgan fingerprint density at radius 3 is 3.14 bits per heavy atom. The maximum absolute atomic E-state index is 12.6. The van der Waals surface area contributed by atoms with Crippen molar-refractivity contribution in [3.8, 4) is 0 Å². The lowest BCUT2D eigenvalue weighted by Gasteiger charge is -2.24. The summed E-state index contributed by atoms with van der Waals surface area (Å²) in [5.74, 6) is 0.635. The summed E-state index contributed by atoms with van der Waals surface area (Å²) in [5.41, 5.74) is 1.94. The predicted octanol–water partition coefficient (Wildman–Crippen LogP) is 3.16. The van der Waals surface area contributed by atoms with Crippen LogP contribution in [0.3, 0.4) is 0 Å². The van der Waals surface area contributed by atoms with Gasteiger partial charge in [-0.25, -0.2) is 9.78 Å². The summed E-state index contributed by atoms with van der Waals surface area (Å²) in [6.07, 6.45) is 5.38. The highest BCUT2D eigenvalue weighted by atomic mass is 32.1. The van der Waals surface area contributed by atoms with Crippen molar-refractivity contribution in [3.63, 3.8) is 0 Å². The molecule has 0 spiro atoms. The molecule has 7 heteroatoms. The van der Waals surface area contributed by atoms with Crippen LogP contribution in [0.2, 0.25) is 0 Å². The Hall–Kier alpha value is -2.41. The summed E-state index contributed by atoms with van der Waals surface area (Å²) in [6, 6.07) is 5.74. The summed E-state index contributed by atoms with van der Waals surface area (Å²) in [5, 5.41) is 11.3. The first kappa shape index (κ1) is 13.3. The van der Waals surface area contributed by atoms with Crippen LogP contribution in [0.1, 0.15) is 24.4 Å². The molecule has 22 heavy (non-hydrogen) atoms. The van der Waals surface area contributed by atoms with Crippen molar-refractivity contribution in [2.24, 2.45) is 0 Å². The summed E-state index contributed by atoms with van der Waals surface area (Å²) < 4.78 is 1.63. The molecular weight excluding hydrogens is 298 g/mol. The first-order valence-corrected chi connectivity index (χ1v) is 8.16. The Bertz CT molecular complexity index is 797. The average molecular weight is 313 g/mol. The molecule has 0 radical (unpaired) electrons. The second-order valence-electron chi connectivity index (χ2n) is 5.27. The number of fused-ring (bicyclic) bond motifs is 1. The van der Waals surface area contributed by atoms with Crippen molar-refractivity contribution in [1.29, 1.82) is 0 Å². The fourth-order valence-corrected chi connectivity index (χ4v) is 3.64. The Kier molecular flexibility index (Phi) is 3.27. The number of aromatic nitrogens is 3. The molecule has 2 amide bonds. The monoisotopic (exact) mass is 313 g/mol. The Morgan fingerprint density at radius 1 is 1.32 bits per heavy atom. The number of rotatable bonds is 2. The molecule has 3 aromatic rings. The maximum atomic E-state index is 12.6. The molecular formula is C15H15N5OS. The zero-order valence-corrected chi connectivity index (χ0v) is 12.7. The number of hydrogen-bond donors (Lipinski definition) is 1. The van der Waals surface area contributed by atoms with Gasteiger partial charge in [0.2, 0.25) is 0 Å². The molecule has 1 N–H and O–H groups in total. The van der Waals surface area contributed by atoms with Gasteiger partial charge >= 0.3 is 6.03 Å². The van der Waals surface area contributed by atoms with E-state index in [0.29, 0.717) is 11.5 Å². The van der Waals surface area contributed by atoms with Crippen molar-refractivity contribution >= 4 is 28.8 Å². The Morgan fingerprint density at radius 2 is 2.27 bits per heavy atom. The van der Waals surface area contributed by atoms with E-state index < -0.39 is 0 Å². The van der Waals surface area contributed by atoms with Gasteiger partial charge in [-0.1, -0.05) is 0 Å². The second-order valence-corrected chi connectivity index (χ2v) is 6.05. The fourth-order valence-electron chi connectivity index (χ4n) is 2.93. The van der Waals surface area contributed by atoms with Gasteiger partial charge in [-0.15, -0.1) is 0 Å². The number of carbonyl (C=O) groups excluding carboxylic acids is 1. The van der Waals surface area contributed by atoms with E-state index in [1.54, 1.807) is 40.4 Å². The fraction of sp³-hybridized carbons (Fsp3) is 0.267. The van der Waals surface area contributed by atoms with Crippen LogP contribution in [0, 0.1) is 0 Å². The van der Waals surface area contributed by atoms with E-state index in [1.807, 2.05) is 4.90 Å². The van der Waals surface area contributed by atoms with Crippen LogP contribution in [-0.4, -0.2) is 32.1 Å². The van der Waals surface area contributed by atoms with Gasteiger partial charge in [0.25, 0.3) is 0 Å². The standard InChI is InChI=1S/C15H15N5OS/c21-15(18-14-3-6-16-13-4-7-17-20(13)14)19-8-1-2-12(19)11-5-9-22-10-11/h3-7,9-10,12H,1-2,8H2,(H,18,21). The molecule has 112 valence electrons. The second kappa shape index (κ2) is 5.42. The minimum atomic E-state index is -0.0864. The zero-order chi connectivity index (χ0) is 14.9.